The summed E-state index contributed by atoms with van der Waals surface area (Å²) in [5.74, 6) is 0.0454. The predicted octanol–water partition coefficient (Wildman–Crippen LogP) is 2.93. The van der Waals surface area contributed by atoms with Crippen molar-refractivity contribution in [2.24, 2.45) is 0 Å². The van der Waals surface area contributed by atoms with E-state index in [1.54, 1.807) is 6.92 Å². The van der Waals surface area contributed by atoms with Crippen molar-refractivity contribution in [3.05, 3.63) is 0 Å². The lowest BCUT2D eigenvalue weighted by Gasteiger charge is -2.29. The van der Waals surface area contributed by atoms with Crippen molar-refractivity contribution >= 4 is 12.1 Å². The molecule has 0 saturated carbocycles. The van der Waals surface area contributed by atoms with Crippen molar-refractivity contribution in [2.75, 3.05) is 13.2 Å². The Bertz CT molecular complexity index is 282. The highest BCUT2D eigenvalue weighted by Gasteiger charge is 2.34. The fraction of sp³-hybridized carbons (Fsp3) is 0.867. The fourth-order valence-electron chi connectivity index (χ4n) is 2.21. The van der Waals surface area contributed by atoms with E-state index in [9.17, 15) is 9.59 Å². The molecule has 4 heteroatoms. The molecule has 2 unspecified atom stereocenters. The molecule has 0 aromatic rings. The van der Waals surface area contributed by atoms with Crippen LogP contribution in [0.2, 0.25) is 0 Å². The molecule has 0 heterocycles. The van der Waals surface area contributed by atoms with Crippen LogP contribution in [0, 0.1) is 0 Å². The summed E-state index contributed by atoms with van der Waals surface area (Å²) in [6.45, 7) is 10.3. The minimum absolute atomic E-state index is 0.0454. The first-order chi connectivity index (χ1) is 8.87. The van der Waals surface area contributed by atoms with Crippen LogP contribution in [0.5, 0.6) is 0 Å². The molecule has 0 aromatic carbocycles. The first-order valence-electron chi connectivity index (χ1n) is 7.15. The lowest BCUT2D eigenvalue weighted by molar-refractivity contribution is -0.145. The molecule has 112 valence electrons. The van der Waals surface area contributed by atoms with Crippen molar-refractivity contribution in [1.82, 2.24) is 0 Å². The van der Waals surface area contributed by atoms with E-state index >= 15 is 0 Å². The number of carbonyl (C=O) groups is 2. The molecule has 2 atom stereocenters. The molecule has 0 saturated heterocycles. The number of rotatable bonds is 11. The maximum Gasteiger partial charge on any atom is 0.164 e. The molecule has 0 aliphatic carbocycles. The molecule has 0 N–H and O–H groups in total. The number of hydrogen-bond acceptors (Lipinski definition) is 4. The van der Waals surface area contributed by atoms with Gasteiger partial charge < -0.3 is 14.3 Å². The van der Waals surface area contributed by atoms with Crippen LogP contribution in [0.15, 0.2) is 0 Å². The number of hydrogen-bond donors (Lipinski definition) is 0. The molecule has 0 amide bonds. The predicted molar refractivity (Wildman–Crippen MR) is 75.3 cm³/mol. The first kappa shape index (κ1) is 18.3. The number of aldehydes is 1. The smallest absolute Gasteiger partial charge is 0.164 e. The number of ether oxygens (including phenoxy) is 2. The van der Waals surface area contributed by atoms with Crippen molar-refractivity contribution in [3.63, 3.8) is 0 Å². The molecule has 0 aromatic heterocycles. The quantitative estimate of drug-likeness (QED) is 0.543. The zero-order valence-electron chi connectivity index (χ0n) is 13.0. The summed E-state index contributed by atoms with van der Waals surface area (Å²) in [6.07, 6.45) is 3.06. The van der Waals surface area contributed by atoms with Gasteiger partial charge >= 0.3 is 0 Å². The van der Waals surface area contributed by atoms with Crippen molar-refractivity contribution < 1.29 is 19.1 Å². The Morgan fingerprint density at radius 2 is 1.63 bits per heavy atom. The summed E-state index contributed by atoms with van der Waals surface area (Å²) in [7, 11) is 0. The van der Waals surface area contributed by atoms with Crippen LogP contribution >= 0.6 is 0 Å². The molecule has 0 radical (unpaired) electrons. The Hall–Kier alpha value is -0.740. The van der Waals surface area contributed by atoms with E-state index in [-0.39, 0.29) is 5.78 Å². The normalized spacial score (nSPS) is 17.5. The Labute approximate surface area is 116 Å². The van der Waals surface area contributed by atoms with E-state index in [0.717, 1.165) is 12.7 Å². The van der Waals surface area contributed by atoms with Crippen LogP contribution in [0.1, 0.15) is 60.3 Å². The van der Waals surface area contributed by atoms with Gasteiger partial charge in [-0.3, -0.25) is 4.79 Å². The Morgan fingerprint density at radius 3 is 2.05 bits per heavy atom. The van der Waals surface area contributed by atoms with Crippen molar-refractivity contribution in [3.8, 4) is 0 Å². The first-order valence-corrected chi connectivity index (χ1v) is 7.15. The van der Waals surface area contributed by atoms with Gasteiger partial charge in [-0.1, -0.05) is 13.3 Å². The third-order valence-electron chi connectivity index (χ3n) is 3.35. The Morgan fingerprint density at radius 1 is 1.05 bits per heavy atom. The van der Waals surface area contributed by atoms with E-state index in [1.807, 2.05) is 27.7 Å². The van der Waals surface area contributed by atoms with E-state index < -0.39 is 11.2 Å². The number of Topliss-reactive ketones (excluding diaryl/α,β-unsaturated/α-hetero) is 1. The Kier molecular flexibility index (Phi) is 8.11. The summed E-state index contributed by atoms with van der Waals surface area (Å²) in [5, 5.41) is 0. The van der Waals surface area contributed by atoms with E-state index in [2.05, 4.69) is 0 Å². The maximum atomic E-state index is 12.3. The molecule has 0 aliphatic heterocycles. The van der Waals surface area contributed by atoms with Crippen LogP contribution < -0.4 is 0 Å². The van der Waals surface area contributed by atoms with Crippen LogP contribution in [0.4, 0.5) is 0 Å². The standard InChI is InChI=1S/C15H28O4/c1-6-10-15(5,19-8-3)13(17)9-11-14(4,12-16)18-7-2/h12H,6-11H2,1-5H3. The van der Waals surface area contributed by atoms with Gasteiger partial charge in [0.2, 0.25) is 0 Å². The minimum atomic E-state index is -0.871. The summed E-state index contributed by atoms with van der Waals surface area (Å²) >= 11 is 0. The molecule has 0 aliphatic rings. The van der Waals surface area contributed by atoms with E-state index in [4.69, 9.17) is 9.47 Å². The van der Waals surface area contributed by atoms with Crippen LogP contribution in [-0.4, -0.2) is 36.5 Å². The van der Waals surface area contributed by atoms with Crippen LogP contribution in [0.25, 0.3) is 0 Å². The molecule has 0 bridgehead atoms. The summed E-state index contributed by atoms with van der Waals surface area (Å²) in [4.78, 5) is 23.4. The second-order valence-electron chi connectivity index (χ2n) is 5.20. The Balaban J connectivity index is 4.60. The molecule has 0 fully saturated rings. The van der Waals surface area contributed by atoms with Crippen LogP contribution in [-0.2, 0) is 19.1 Å². The highest BCUT2D eigenvalue weighted by atomic mass is 16.5. The number of carbonyl (C=O) groups excluding carboxylic acids is 2. The van der Waals surface area contributed by atoms with Crippen molar-refractivity contribution in [1.29, 1.82) is 0 Å². The lowest BCUT2D eigenvalue weighted by Crippen LogP contribution is -2.40. The fourth-order valence-corrected chi connectivity index (χ4v) is 2.21. The maximum absolute atomic E-state index is 12.3. The van der Waals surface area contributed by atoms with E-state index in [0.29, 0.717) is 32.5 Å². The third kappa shape index (κ3) is 5.83. The zero-order valence-corrected chi connectivity index (χ0v) is 13.0. The average Bonchev–Trinajstić information content (AvgIpc) is 2.37. The van der Waals surface area contributed by atoms with Gasteiger partial charge in [0.25, 0.3) is 0 Å². The average molecular weight is 272 g/mol. The van der Waals surface area contributed by atoms with Gasteiger partial charge in [0.1, 0.15) is 11.2 Å². The highest BCUT2D eigenvalue weighted by Crippen LogP contribution is 2.24. The highest BCUT2D eigenvalue weighted by molar-refractivity contribution is 5.87. The lowest BCUT2D eigenvalue weighted by atomic mass is 9.89. The number of ketones is 1. The van der Waals surface area contributed by atoms with E-state index in [1.165, 1.54) is 0 Å². The largest absolute Gasteiger partial charge is 0.368 e. The third-order valence-corrected chi connectivity index (χ3v) is 3.35. The molecule has 0 spiro atoms. The second kappa shape index (κ2) is 8.43. The topological polar surface area (TPSA) is 52.6 Å². The molecule has 0 rings (SSSR count). The summed E-state index contributed by atoms with van der Waals surface area (Å²) in [6, 6.07) is 0. The summed E-state index contributed by atoms with van der Waals surface area (Å²) < 4.78 is 11.0. The van der Waals surface area contributed by atoms with Gasteiger partial charge in [-0.25, -0.2) is 0 Å². The van der Waals surface area contributed by atoms with Gasteiger partial charge in [-0.15, -0.1) is 0 Å². The van der Waals surface area contributed by atoms with Gasteiger partial charge in [0.15, 0.2) is 12.1 Å². The SMILES string of the molecule is CCCC(C)(OCC)C(=O)CCC(C)(C=O)OCC. The molecule has 4 nitrogen and oxygen atoms in total. The molecular formula is C15H28O4. The zero-order chi connectivity index (χ0) is 14.9. The van der Waals surface area contributed by atoms with Crippen LogP contribution in [0.3, 0.4) is 0 Å². The molecular weight excluding hydrogens is 244 g/mol. The van der Waals surface area contributed by atoms with Gasteiger partial charge in [0, 0.05) is 19.6 Å². The monoisotopic (exact) mass is 272 g/mol. The molecule has 19 heavy (non-hydrogen) atoms. The summed E-state index contributed by atoms with van der Waals surface area (Å²) in [5.41, 5.74) is -1.61. The minimum Gasteiger partial charge on any atom is -0.368 e. The van der Waals surface area contributed by atoms with Crippen molar-refractivity contribution in [2.45, 2.75) is 71.5 Å². The second-order valence-corrected chi connectivity index (χ2v) is 5.20. The van der Waals surface area contributed by atoms with Gasteiger partial charge in [0.05, 0.1) is 0 Å². The van der Waals surface area contributed by atoms with Gasteiger partial charge in [-0.05, 0) is 40.5 Å². The van der Waals surface area contributed by atoms with Gasteiger partial charge in [-0.2, -0.15) is 0 Å².